The number of rotatable bonds is 16. The Balaban J connectivity index is 5.60. The molecule has 0 aliphatic carbocycles. The van der Waals surface area contributed by atoms with Crippen LogP contribution < -0.4 is 27.4 Å². The van der Waals surface area contributed by atoms with E-state index in [4.69, 9.17) is 26.8 Å². The third-order valence-corrected chi connectivity index (χ3v) is 4.37. The summed E-state index contributed by atoms with van der Waals surface area (Å²) in [7, 11) is 0. The number of aliphatic carboxylic acids is 3. The van der Waals surface area contributed by atoms with Gasteiger partial charge in [-0.1, -0.05) is 13.8 Å². The van der Waals surface area contributed by atoms with Gasteiger partial charge >= 0.3 is 17.9 Å². The van der Waals surface area contributed by atoms with Crippen LogP contribution in [0.2, 0.25) is 0 Å². The fraction of sp³-hybridized carbons (Fsp3) is 0.632. The number of primary amides is 1. The predicted molar refractivity (Wildman–Crippen MR) is 114 cm³/mol. The highest BCUT2D eigenvalue weighted by atomic mass is 16.4. The second kappa shape index (κ2) is 14.4. The van der Waals surface area contributed by atoms with Crippen molar-refractivity contribution in [3.8, 4) is 0 Å². The van der Waals surface area contributed by atoms with E-state index in [0.717, 1.165) is 0 Å². The molecule has 0 heterocycles. The van der Waals surface area contributed by atoms with E-state index in [1.54, 1.807) is 13.8 Å². The quantitative estimate of drug-likeness (QED) is 0.109. The zero-order valence-corrected chi connectivity index (χ0v) is 18.8. The van der Waals surface area contributed by atoms with E-state index in [2.05, 4.69) is 10.6 Å². The number of nitrogens with one attached hydrogen (secondary N) is 3. The van der Waals surface area contributed by atoms with E-state index in [-0.39, 0.29) is 12.3 Å². The topological polar surface area (TPSA) is 268 Å². The minimum Gasteiger partial charge on any atom is -0.481 e. The summed E-state index contributed by atoms with van der Waals surface area (Å²) < 4.78 is 0. The van der Waals surface area contributed by atoms with Crippen molar-refractivity contribution in [3.63, 3.8) is 0 Å². The summed E-state index contributed by atoms with van der Waals surface area (Å²) in [4.78, 5) is 81.8. The Labute approximate surface area is 194 Å². The predicted octanol–water partition coefficient (Wildman–Crippen LogP) is -2.89. The maximum Gasteiger partial charge on any atom is 0.326 e. The zero-order valence-electron chi connectivity index (χ0n) is 18.8. The van der Waals surface area contributed by atoms with E-state index in [9.17, 15) is 33.6 Å². The highest BCUT2D eigenvalue weighted by Gasteiger charge is 2.32. The second-order valence-electron chi connectivity index (χ2n) is 7.96. The molecular weight excluding hydrogens is 458 g/mol. The lowest BCUT2D eigenvalue weighted by Gasteiger charge is -2.24. The molecule has 10 N–H and O–H groups in total. The first-order chi connectivity index (χ1) is 15.6. The summed E-state index contributed by atoms with van der Waals surface area (Å²) in [5.74, 6) is -8.55. The van der Waals surface area contributed by atoms with Crippen molar-refractivity contribution in [2.45, 2.75) is 70.1 Å². The number of nitrogens with two attached hydrogens (primary N) is 2. The van der Waals surface area contributed by atoms with Gasteiger partial charge in [0, 0.05) is 6.42 Å². The third-order valence-electron chi connectivity index (χ3n) is 4.37. The van der Waals surface area contributed by atoms with Crippen molar-refractivity contribution in [1.82, 2.24) is 16.0 Å². The maximum atomic E-state index is 12.7. The van der Waals surface area contributed by atoms with Gasteiger partial charge in [-0.15, -0.1) is 0 Å². The first-order valence-corrected chi connectivity index (χ1v) is 10.2. The SMILES string of the molecule is CC(C)CC(N)C(=O)NC(CCC(=O)O)C(=O)NC(CC(=O)O)C(=O)NC(CC(N)=O)C(=O)O. The Morgan fingerprint density at radius 2 is 1.24 bits per heavy atom. The second-order valence-corrected chi connectivity index (χ2v) is 7.96. The Hall–Kier alpha value is -3.75. The van der Waals surface area contributed by atoms with Gasteiger partial charge in [0.25, 0.3) is 0 Å². The molecule has 0 aromatic heterocycles. The van der Waals surface area contributed by atoms with E-state index in [0.29, 0.717) is 0 Å². The molecule has 0 radical (unpaired) electrons. The number of carboxylic acid groups (broad SMARTS) is 3. The molecule has 4 atom stereocenters. The highest BCUT2D eigenvalue weighted by Crippen LogP contribution is 2.06. The number of amides is 4. The smallest absolute Gasteiger partial charge is 0.326 e. The first kappa shape index (κ1) is 30.2. The Morgan fingerprint density at radius 3 is 1.68 bits per heavy atom. The van der Waals surface area contributed by atoms with Gasteiger partial charge in [0.1, 0.15) is 18.1 Å². The molecule has 0 aromatic rings. The fourth-order valence-electron chi connectivity index (χ4n) is 2.76. The van der Waals surface area contributed by atoms with Gasteiger partial charge in [-0.25, -0.2) is 4.79 Å². The minimum atomic E-state index is -1.81. The molecule has 4 amide bonds. The fourth-order valence-corrected chi connectivity index (χ4v) is 2.76. The van der Waals surface area contributed by atoms with Crippen LogP contribution in [0.3, 0.4) is 0 Å². The summed E-state index contributed by atoms with van der Waals surface area (Å²) in [6, 6.07) is -6.09. The largest absolute Gasteiger partial charge is 0.481 e. The van der Waals surface area contributed by atoms with E-state index in [1.807, 2.05) is 5.32 Å². The summed E-state index contributed by atoms with van der Waals surface area (Å²) in [5.41, 5.74) is 10.7. The van der Waals surface area contributed by atoms with Crippen LogP contribution >= 0.6 is 0 Å². The number of carbonyl (C=O) groups excluding carboxylic acids is 4. The van der Waals surface area contributed by atoms with Gasteiger partial charge in [0.05, 0.1) is 18.9 Å². The van der Waals surface area contributed by atoms with Crippen molar-refractivity contribution in [3.05, 3.63) is 0 Å². The molecule has 4 unspecified atom stereocenters. The van der Waals surface area contributed by atoms with Crippen molar-refractivity contribution < 1.29 is 48.9 Å². The monoisotopic (exact) mass is 489 g/mol. The number of hydrogen-bond acceptors (Lipinski definition) is 8. The molecule has 15 heteroatoms. The van der Waals surface area contributed by atoms with Crippen LogP contribution in [0.5, 0.6) is 0 Å². The lowest BCUT2D eigenvalue weighted by Crippen LogP contribution is -2.57. The van der Waals surface area contributed by atoms with Gasteiger partial charge in [0.2, 0.25) is 23.6 Å². The molecule has 0 bridgehead atoms. The normalized spacial score (nSPS) is 14.2. The van der Waals surface area contributed by atoms with Crippen LogP contribution in [0.1, 0.15) is 46.0 Å². The molecule has 0 saturated heterocycles. The average Bonchev–Trinajstić information content (AvgIpc) is 2.68. The van der Waals surface area contributed by atoms with E-state index >= 15 is 0 Å². The summed E-state index contributed by atoms with van der Waals surface area (Å²) in [5, 5.41) is 33.3. The Bertz CT molecular complexity index is 800. The lowest BCUT2D eigenvalue weighted by molar-refractivity contribution is -0.144. The van der Waals surface area contributed by atoms with Crippen molar-refractivity contribution >= 4 is 41.5 Å². The summed E-state index contributed by atoms with van der Waals surface area (Å²) >= 11 is 0. The summed E-state index contributed by atoms with van der Waals surface area (Å²) in [6.45, 7) is 3.61. The minimum absolute atomic E-state index is 0.0401. The molecule has 0 aliphatic rings. The van der Waals surface area contributed by atoms with E-state index in [1.165, 1.54) is 0 Å². The van der Waals surface area contributed by atoms with Gasteiger partial charge in [0.15, 0.2) is 0 Å². The van der Waals surface area contributed by atoms with Crippen LogP contribution in [-0.2, 0) is 33.6 Å². The molecular formula is C19H31N5O10. The van der Waals surface area contributed by atoms with Gasteiger partial charge in [-0.3, -0.25) is 28.8 Å². The van der Waals surface area contributed by atoms with Crippen LogP contribution in [0, 0.1) is 5.92 Å². The standard InChI is InChI=1S/C19H31N5O10/c1-8(2)5-9(20)16(30)22-10(3-4-14(26)27)17(31)23-11(7-15(28)29)18(32)24-12(19(33)34)6-13(21)25/h8-12H,3-7,20H2,1-2H3,(H2,21,25)(H,22,30)(H,23,31)(H,24,32)(H,26,27)(H,28,29)(H,33,34). The molecule has 0 spiro atoms. The van der Waals surface area contributed by atoms with Crippen LogP contribution in [0.4, 0.5) is 0 Å². The van der Waals surface area contributed by atoms with Crippen LogP contribution in [0.25, 0.3) is 0 Å². The van der Waals surface area contributed by atoms with Gasteiger partial charge < -0.3 is 42.7 Å². The molecule has 34 heavy (non-hydrogen) atoms. The molecule has 0 fully saturated rings. The molecule has 0 rings (SSSR count). The molecule has 15 nitrogen and oxygen atoms in total. The summed E-state index contributed by atoms with van der Waals surface area (Å²) in [6.07, 6.45) is -2.46. The number of carboxylic acids is 3. The van der Waals surface area contributed by atoms with Crippen molar-refractivity contribution in [2.75, 3.05) is 0 Å². The third kappa shape index (κ3) is 12.3. The Kier molecular flexibility index (Phi) is 12.8. The van der Waals surface area contributed by atoms with Crippen molar-refractivity contribution in [1.29, 1.82) is 0 Å². The zero-order chi connectivity index (χ0) is 26.6. The Morgan fingerprint density at radius 1 is 0.735 bits per heavy atom. The molecule has 192 valence electrons. The number of carbonyl (C=O) groups is 7. The first-order valence-electron chi connectivity index (χ1n) is 10.2. The molecule has 0 aliphatic heterocycles. The van der Waals surface area contributed by atoms with Crippen molar-refractivity contribution in [2.24, 2.45) is 17.4 Å². The molecule has 0 aromatic carbocycles. The molecule has 0 saturated carbocycles. The highest BCUT2D eigenvalue weighted by molar-refractivity contribution is 5.96. The van der Waals surface area contributed by atoms with Crippen LogP contribution in [-0.4, -0.2) is 81.0 Å². The van der Waals surface area contributed by atoms with Crippen LogP contribution in [0.15, 0.2) is 0 Å². The average molecular weight is 489 g/mol. The maximum absolute atomic E-state index is 12.7. The lowest BCUT2D eigenvalue weighted by atomic mass is 10.0. The van der Waals surface area contributed by atoms with Gasteiger partial charge in [-0.2, -0.15) is 0 Å². The van der Waals surface area contributed by atoms with E-state index < -0.39 is 91.4 Å². The number of hydrogen-bond donors (Lipinski definition) is 8. The van der Waals surface area contributed by atoms with Gasteiger partial charge in [-0.05, 0) is 18.8 Å².